The number of aryl methyl sites for hydroxylation is 1. The minimum absolute atomic E-state index is 0.188. The molecule has 2 aromatic heterocycles. The van der Waals surface area contributed by atoms with Gasteiger partial charge in [0.15, 0.2) is 0 Å². The molecule has 1 atom stereocenters. The molecule has 0 aliphatic carbocycles. The molecule has 0 spiro atoms. The fourth-order valence-electron chi connectivity index (χ4n) is 2.65. The topological polar surface area (TPSA) is 25.2 Å². The zero-order chi connectivity index (χ0) is 14.1. The van der Waals surface area contributed by atoms with Gasteiger partial charge in [-0.1, -0.05) is 25.1 Å². The van der Waals surface area contributed by atoms with Crippen LogP contribution in [0.1, 0.15) is 29.9 Å². The Morgan fingerprint density at radius 3 is 2.80 bits per heavy atom. The number of fused-ring (bicyclic) bond motifs is 1. The highest BCUT2D eigenvalue weighted by Gasteiger charge is 2.22. The molecule has 0 aliphatic heterocycles. The Hall–Kier alpha value is -0.850. The van der Waals surface area contributed by atoms with Crippen LogP contribution in [-0.4, -0.2) is 7.05 Å². The molecule has 3 rings (SSSR count). The lowest BCUT2D eigenvalue weighted by atomic mass is 9.97. The van der Waals surface area contributed by atoms with Crippen molar-refractivity contribution in [3.8, 4) is 0 Å². The van der Waals surface area contributed by atoms with Gasteiger partial charge in [0, 0.05) is 17.4 Å². The van der Waals surface area contributed by atoms with Crippen LogP contribution in [0.3, 0.4) is 0 Å². The minimum atomic E-state index is 0.188. The largest absolute Gasteiger partial charge is 0.461 e. The first kappa shape index (κ1) is 14.1. The number of furan rings is 1. The second-order valence-corrected chi connectivity index (χ2v) is 7.50. The summed E-state index contributed by atoms with van der Waals surface area (Å²) < 4.78 is 7.33. The van der Waals surface area contributed by atoms with Gasteiger partial charge >= 0.3 is 0 Å². The third kappa shape index (κ3) is 2.40. The molecule has 0 saturated carbocycles. The Kier molecular flexibility index (Phi) is 4.14. The average molecular weight is 397 g/mol. The molecule has 1 aromatic carbocycles. The van der Waals surface area contributed by atoms with Crippen LogP contribution in [0, 0.1) is 2.88 Å². The summed E-state index contributed by atoms with van der Waals surface area (Å²) in [5, 5.41) is 6.88. The van der Waals surface area contributed by atoms with E-state index in [0.717, 1.165) is 17.8 Å². The number of halogens is 1. The van der Waals surface area contributed by atoms with Crippen LogP contribution in [0.15, 0.2) is 40.1 Å². The van der Waals surface area contributed by atoms with E-state index in [1.165, 1.54) is 19.4 Å². The van der Waals surface area contributed by atoms with Gasteiger partial charge in [-0.15, -0.1) is 11.3 Å². The Bertz CT molecular complexity index is 731. The van der Waals surface area contributed by atoms with Crippen molar-refractivity contribution in [1.29, 1.82) is 0 Å². The molecule has 3 aromatic rings. The molecule has 0 saturated heterocycles. The first-order valence-corrected chi connectivity index (χ1v) is 8.62. The fraction of sp³-hybridized carbons (Fsp3) is 0.250. The molecule has 4 heteroatoms. The third-order valence-corrected chi connectivity index (χ3v) is 5.34. The zero-order valence-corrected chi connectivity index (χ0v) is 14.4. The molecular weight excluding hydrogens is 381 g/mol. The summed E-state index contributed by atoms with van der Waals surface area (Å²) in [6.07, 6.45) is 0.906. The van der Waals surface area contributed by atoms with E-state index in [9.17, 15) is 0 Å². The zero-order valence-electron chi connectivity index (χ0n) is 11.4. The molecule has 0 bridgehead atoms. The predicted molar refractivity (Wildman–Crippen MR) is 93.5 cm³/mol. The minimum Gasteiger partial charge on any atom is -0.461 e. The average Bonchev–Trinajstić information content (AvgIpc) is 3.05. The molecule has 1 unspecified atom stereocenters. The monoisotopic (exact) mass is 397 g/mol. The van der Waals surface area contributed by atoms with Gasteiger partial charge in [-0.05, 0) is 52.7 Å². The summed E-state index contributed by atoms with van der Waals surface area (Å²) >= 11 is 4.15. The standard InChI is InChI=1S/C16H16INOS/c1-3-12-15(11-6-4-5-7-13(11)19-12)16(18-2)10-8-14(17)20-9-10/h4-9,16,18H,3H2,1-2H3. The van der Waals surface area contributed by atoms with E-state index in [-0.39, 0.29) is 6.04 Å². The first-order valence-electron chi connectivity index (χ1n) is 6.66. The molecule has 0 radical (unpaired) electrons. The second kappa shape index (κ2) is 5.87. The van der Waals surface area contributed by atoms with Gasteiger partial charge in [0.05, 0.1) is 8.93 Å². The van der Waals surface area contributed by atoms with Crippen molar-refractivity contribution in [2.75, 3.05) is 7.05 Å². The van der Waals surface area contributed by atoms with E-state index >= 15 is 0 Å². The summed E-state index contributed by atoms with van der Waals surface area (Å²) in [7, 11) is 2.01. The van der Waals surface area contributed by atoms with Gasteiger partial charge in [0.25, 0.3) is 0 Å². The molecule has 0 aliphatic rings. The first-order chi connectivity index (χ1) is 9.74. The lowest BCUT2D eigenvalue weighted by Crippen LogP contribution is -2.18. The van der Waals surface area contributed by atoms with Crippen molar-refractivity contribution in [3.63, 3.8) is 0 Å². The summed E-state index contributed by atoms with van der Waals surface area (Å²) in [6, 6.07) is 10.7. The maximum atomic E-state index is 6.02. The normalized spacial score (nSPS) is 12.9. The third-order valence-electron chi connectivity index (χ3n) is 3.53. The lowest BCUT2D eigenvalue weighted by Gasteiger charge is -2.15. The molecule has 20 heavy (non-hydrogen) atoms. The Balaban J connectivity index is 2.20. The van der Waals surface area contributed by atoms with Crippen LogP contribution in [0.2, 0.25) is 0 Å². The number of nitrogens with one attached hydrogen (secondary N) is 1. The number of para-hydroxylation sites is 1. The number of thiophene rings is 1. The maximum Gasteiger partial charge on any atom is 0.134 e. The SMILES string of the molecule is CCc1oc2ccccc2c1C(NC)c1csc(I)c1. The van der Waals surface area contributed by atoms with Gasteiger partial charge in [-0.3, -0.25) is 0 Å². The van der Waals surface area contributed by atoms with Crippen LogP contribution in [0.5, 0.6) is 0 Å². The van der Waals surface area contributed by atoms with E-state index in [1.54, 1.807) is 11.3 Å². The summed E-state index contributed by atoms with van der Waals surface area (Å²) in [5.74, 6) is 1.08. The summed E-state index contributed by atoms with van der Waals surface area (Å²) in [4.78, 5) is 0. The van der Waals surface area contributed by atoms with E-state index in [4.69, 9.17) is 4.42 Å². The molecule has 2 heterocycles. The highest BCUT2D eigenvalue weighted by Crippen LogP contribution is 2.36. The van der Waals surface area contributed by atoms with Crippen LogP contribution in [0.25, 0.3) is 11.0 Å². The Morgan fingerprint density at radius 1 is 1.35 bits per heavy atom. The summed E-state index contributed by atoms with van der Waals surface area (Å²) in [6.45, 7) is 2.14. The number of hydrogen-bond acceptors (Lipinski definition) is 3. The molecule has 1 N–H and O–H groups in total. The van der Waals surface area contributed by atoms with Gasteiger partial charge in [0.2, 0.25) is 0 Å². The van der Waals surface area contributed by atoms with Crippen LogP contribution in [0.4, 0.5) is 0 Å². The predicted octanol–water partition coefficient (Wildman–Crippen LogP) is 4.97. The van der Waals surface area contributed by atoms with Crippen LogP contribution >= 0.6 is 33.9 Å². The number of hydrogen-bond donors (Lipinski definition) is 1. The van der Waals surface area contributed by atoms with Crippen molar-refractivity contribution in [2.24, 2.45) is 0 Å². The molecule has 0 fully saturated rings. The van der Waals surface area contributed by atoms with Crippen LogP contribution < -0.4 is 5.32 Å². The van der Waals surface area contributed by atoms with Crippen molar-refractivity contribution >= 4 is 44.9 Å². The Morgan fingerprint density at radius 2 is 2.15 bits per heavy atom. The fourth-order valence-corrected chi connectivity index (χ4v) is 4.05. The highest BCUT2D eigenvalue weighted by molar-refractivity contribution is 14.1. The van der Waals surface area contributed by atoms with Gasteiger partial charge in [-0.2, -0.15) is 0 Å². The smallest absolute Gasteiger partial charge is 0.134 e. The van der Waals surface area contributed by atoms with Crippen molar-refractivity contribution in [1.82, 2.24) is 5.32 Å². The van der Waals surface area contributed by atoms with E-state index in [2.05, 4.69) is 58.4 Å². The highest BCUT2D eigenvalue weighted by atomic mass is 127. The van der Waals surface area contributed by atoms with E-state index < -0.39 is 0 Å². The van der Waals surface area contributed by atoms with Crippen molar-refractivity contribution in [2.45, 2.75) is 19.4 Å². The van der Waals surface area contributed by atoms with E-state index in [0.29, 0.717) is 0 Å². The van der Waals surface area contributed by atoms with Gasteiger partial charge in [0.1, 0.15) is 11.3 Å². The van der Waals surface area contributed by atoms with Gasteiger partial charge in [-0.25, -0.2) is 0 Å². The molecule has 2 nitrogen and oxygen atoms in total. The maximum absolute atomic E-state index is 6.02. The Labute approximate surface area is 136 Å². The second-order valence-electron chi connectivity index (χ2n) is 4.69. The summed E-state index contributed by atoms with van der Waals surface area (Å²) in [5.41, 5.74) is 3.56. The van der Waals surface area contributed by atoms with E-state index in [1.807, 2.05) is 19.2 Å². The van der Waals surface area contributed by atoms with Gasteiger partial charge < -0.3 is 9.73 Å². The van der Waals surface area contributed by atoms with Crippen molar-refractivity contribution < 1.29 is 4.42 Å². The van der Waals surface area contributed by atoms with Crippen LogP contribution in [-0.2, 0) is 6.42 Å². The molecule has 104 valence electrons. The lowest BCUT2D eigenvalue weighted by molar-refractivity contribution is 0.539. The van der Waals surface area contributed by atoms with Crippen molar-refractivity contribution in [3.05, 3.63) is 55.5 Å². The quantitative estimate of drug-likeness (QED) is 0.629. The number of benzene rings is 1. The molecular formula is C16H16INOS. The number of rotatable bonds is 4. The molecule has 0 amide bonds.